The van der Waals surface area contributed by atoms with Crippen molar-refractivity contribution in [1.29, 1.82) is 0 Å². The summed E-state index contributed by atoms with van der Waals surface area (Å²) in [5, 5.41) is 0. The number of hydrogen-bond acceptors (Lipinski definition) is 2. The second-order valence-corrected chi connectivity index (χ2v) is 3.60. The van der Waals surface area contributed by atoms with E-state index in [4.69, 9.17) is 11.5 Å². The van der Waals surface area contributed by atoms with Gasteiger partial charge in [0.05, 0.1) is 5.92 Å². The summed E-state index contributed by atoms with van der Waals surface area (Å²) in [6.07, 6.45) is -0.158. The number of hydrogen-bond donors (Lipinski definition) is 2. The Kier molecular flexibility index (Phi) is 4.14. The van der Waals surface area contributed by atoms with Crippen molar-refractivity contribution in [2.45, 2.75) is 18.8 Å². The molecule has 0 heterocycles. The van der Waals surface area contributed by atoms with Gasteiger partial charge < -0.3 is 11.5 Å². The van der Waals surface area contributed by atoms with E-state index < -0.39 is 29.4 Å². The van der Waals surface area contributed by atoms with E-state index in [1.165, 1.54) is 12.1 Å². The van der Waals surface area contributed by atoms with Crippen molar-refractivity contribution in [2.24, 2.45) is 11.5 Å². The molecule has 0 radical (unpaired) electrons. The van der Waals surface area contributed by atoms with Crippen molar-refractivity contribution >= 4 is 11.8 Å². The molecule has 1 unspecified atom stereocenters. The van der Waals surface area contributed by atoms with E-state index in [1.807, 2.05) is 0 Å². The molecule has 1 aromatic rings. The van der Waals surface area contributed by atoms with Gasteiger partial charge in [-0.25, -0.2) is 8.78 Å². The second kappa shape index (κ2) is 5.38. The smallest absolute Gasteiger partial charge is 0.225 e. The quantitative estimate of drug-likeness (QED) is 0.800. The first-order valence-electron chi connectivity index (χ1n) is 4.95. The van der Waals surface area contributed by atoms with Gasteiger partial charge in [0.15, 0.2) is 11.6 Å². The average molecular weight is 242 g/mol. The Bertz CT molecular complexity index is 449. The van der Waals surface area contributed by atoms with Gasteiger partial charge in [0.25, 0.3) is 0 Å². The van der Waals surface area contributed by atoms with E-state index in [2.05, 4.69) is 0 Å². The van der Waals surface area contributed by atoms with Crippen LogP contribution < -0.4 is 11.5 Å². The van der Waals surface area contributed by atoms with Gasteiger partial charge in [-0.3, -0.25) is 9.59 Å². The van der Waals surface area contributed by atoms with Crippen LogP contribution in [0, 0.1) is 11.6 Å². The van der Waals surface area contributed by atoms with Gasteiger partial charge in [-0.1, -0.05) is 12.1 Å². The molecule has 2 amide bonds. The maximum atomic E-state index is 13.4. The molecule has 92 valence electrons. The molecule has 1 aromatic carbocycles. The van der Waals surface area contributed by atoms with E-state index in [0.717, 1.165) is 6.07 Å². The summed E-state index contributed by atoms with van der Waals surface area (Å²) in [5.41, 5.74) is 9.87. The highest BCUT2D eigenvalue weighted by molar-refractivity contribution is 5.83. The van der Waals surface area contributed by atoms with Gasteiger partial charge in [-0.15, -0.1) is 0 Å². The minimum atomic E-state index is -1.12. The fourth-order valence-corrected chi connectivity index (χ4v) is 1.53. The predicted octanol–water partition coefficient (Wildman–Crippen LogP) is 0.799. The van der Waals surface area contributed by atoms with Crippen molar-refractivity contribution in [2.75, 3.05) is 0 Å². The Morgan fingerprint density at radius 2 is 1.88 bits per heavy atom. The maximum absolute atomic E-state index is 13.4. The number of rotatable bonds is 5. The molecule has 0 aliphatic rings. The maximum Gasteiger partial charge on any atom is 0.225 e. The van der Waals surface area contributed by atoms with Crippen molar-refractivity contribution in [3.63, 3.8) is 0 Å². The lowest BCUT2D eigenvalue weighted by molar-refractivity contribution is -0.120. The van der Waals surface area contributed by atoms with Gasteiger partial charge in [-0.2, -0.15) is 0 Å². The number of benzene rings is 1. The molecular formula is C11H12F2N2O2. The van der Waals surface area contributed by atoms with Crippen LogP contribution in [0.15, 0.2) is 18.2 Å². The Labute approximate surface area is 96.6 Å². The highest BCUT2D eigenvalue weighted by atomic mass is 19.2. The van der Waals surface area contributed by atoms with Gasteiger partial charge in [0, 0.05) is 12.0 Å². The summed E-state index contributed by atoms with van der Waals surface area (Å²) in [6.45, 7) is 0. The van der Waals surface area contributed by atoms with Crippen LogP contribution in [0.5, 0.6) is 0 Å². The zero-order valence-corrected chi connectivity index (χ0v) is 8.95. The lowest BCUT2D eigenvalue weighted by Crippen LogP contribution is -2.24. The molecule has 0 aliphatic heterocycles. The lowest BCUT2D eigenvalue weighted by Gasteiger charge is -2.13. The molecule has 0 aromatic heterocycles. The third-order valence-corrected chi connectivity index (χ3v) is 2.38. The summed E-state index contributed by atoms with van der Waals surface area (Å²) in [5.74, 6) is -4.70. The fourth-order valence-electron chi connectivity index (χ4n) is 1.53. The van der Waals surface area contributed by atoms with E-state index >= 15 is 0 Å². The van der Waals surface area contributed by atoms with Crippen molar-refractivity contribution in [3.8, 4) is 0 Å². The molecule has 0 bridgehead atoms. The molecule has 0 saturated carbocycles. The Hall–Kier alpha value is -1.98. The van der Waals surface area contributed by atoms with Crippen LogP contribution in [-0.2, 0) is 9.59 Å². The van der Waals surface area contributed by atoms with Crippen LogP contribution >= 0.6 is 0 Å². The number of carbonyl (C=O) groups excluding carboxylic acids is 2. The predicted molar refractivity (Wildman–Crippen MR) is 56.7 cm³/mol. The van der Waals surface area contributed by atoms with Crippen LogP contribution in [0.2, 0.25) is 0 Å². The van der Waals surface area contributed by atoms with Gasteiger partial charge in [0.2, 0.25) is 11.8 Å². The molecular weight excluding hydrogens is 230 g/mol. The van der Waals surface area contributed by atoms with Crippen molar-refractivity contribution < 1.29 is 18.4 Å². The first kappa shape index (κ1) is 13.1. The SMILES string of the molecule is NC(=O)CCC(C(N)=O)c1cccc(F)c1F. The third kappa shape index (κ3) is 3.24. The summed E-state index contributed by atoms with van der Waals surface area (Å²) in [7, 11) is 0. The van der Waals surface area contributed by atoms with E-state index in [0.29, 0.717) is 0 Å². The molecule has 1 rings (SSSR count). The van der Waals surface area contributed by atoms with Gasteiger partial charge in [-0.05, 0) is 12.5 Å². The van der Waals surface area contributed by atoms with E-state index in [1.54, 1.807) is 0 Å². The highest BCUT2D eigenvalue weighted by Gasteiger charge is 2.23. The summed E-state index contributed by atoms with van der Waals surface area (Å²) >= 11 is 0. The molecule has 0 saturated heterocycles. The van der Waals surface area contributed by atoms with E-state index in [-0.39, 0.29) is 18.4 Å². The van der Waals surface area contributed by atoms with Crippen LogP contribution in [0.1, 0.15) is 24.3 Å². The largest absolute Gasteiger partial charge is 0.370 e. The van der Waals surface area contributed by atoms with Gasteiger partial charge >= 0.3 is 0 Å². The molecule has 4 nitrogen and oxygen atoms in total. The summed E-state index contributed by atoms with van der Waals surface area (Å²) < 4.78 is 26.4. The second-order valence-electron chi connectivity index (χ2n) is 3.60. The number of carbonyl (C=O) groups is 2. The Balaban J connectivity index is 3.01. The van der Waals surface area contributed by atoms with Crippen LogP contribution in [0.4, 0.5) is 8.78 Å². The van der Waals surface area contributed by atoms with Crippen LogP contribution in [0.3, 0.4) is 0 Å². The Morgan fingerprint density at radius 1 is 1.24 bits per heavy atom. The zero-order valence-electron chi connectivity index (χ0n) is 8.95. The fraction of sp³-hybridized carbons (Fsp3) is 0.273. The molecule has 0 fully saturated rings. The highest BCUT2D eigenvalue weighted by Crippen LogP contribution is 2.25. The van der Waals surface area contributed by atoms with Crippen LogP contribution in [0.25, 0.3) is 0 Å². The number of nitrogens with two attached hydrogens (primary N) is 2. The van der Waals surface area contributed by atoms with Crippen molar-refractivity contribution in [1.82, 2.24) is 0 Å². The third-order valence-electron chi connectivity index (χ3n) is 2.38. The zero-order chi connectivity index (χ0) is 13.0. The molecule has 4 N–H and O–H groups in total. The number of primary amides is 2. The monoisotopic (exact) mass is 242 g/mol. The number of halogens is 2. The summed E-state index contributed by atoms with van der Waals surface area (Å²) in [6, 6.07) is 3.47. The summed E-state index contributed by atoms with van der Waals surface area (Å²) in [4.78, 5) is 21.8. The minimum Gasteiger partial charge on any atom is -0.370 e. The average Bonchev–Trinajstić information content (AvgIpc) is 2.23. The standard InChI is InChI=1S/C11H12F2N2O2/c12-8-3-1-2-6(10(8)13)7(11(15)17)4-5-9(14)16/h1-3,7H,4-5H2,(H2,14,16)(H2,15,17). The lowest BCUT2D eigenvalue weighted by atomic mass is 9.93. The topological polar surface area (TPSA) is 86.2 Å². The molecule has 6 heteroatoms. The van der Waals surface area contributed by atoms with Gasteiger partial charge in [0.1, 0.15) is 0 Å². The molecule has 17 heavy (non-hydrogen) atoms. The van der Waals surface area contributed by atoms with Crippen molar-refractivity contribution in [3.05, 3.63) is 35.4 Å². The molecule has 1 atom stereocenters. The minimum absolute atomic E-state index is 0.0367. The Morgan fingerprint density at radius 3 is 2.41 bits per heavy atom. The normalized spacial score (nSPS) is 12.1. The van der Waals surface area contributed by atoms with Crippen LogP contribution in [-0.4, -0.2) is 11.8 Å². The number of amides is 2. The molecule has 0 aliphatic carbocycles. The first-order valence-corrected chi connectivity index (χ1v) is 4.95. The molecule has 0 spiro atoms. The van der Waals surface area contributed by atoms with E-state index in [9.17, 15) is 18.4 Å². The first-order chi connectivity index (χ1) is 7.93.